The van der Waals surface area contributed by atoms with Crippen LogP contribution in [0.1, 0.15) is 50.6 Å². The number of phenolic OH excluding ortho intramolecular Hbond substituents is 1. The van der Waals surface area contributed by atoms with Crippen LogP contribution in [-0.2, 0) is 20.9 Å². The minimum Gasteiger partial charge on any atom is -0.507 e. The maximum atomic E-state index is 13.7. The highest BCUT2D eigenvalue weighted by Crippen LogP contribution is 2.46. The topological polar surface area (TPSA) is 135 Å². The first-order valence-electron chi connectivity index (χ1n) is 14.4. The highest BCUT2D eigenvalue weighted by atomic mass is 32.1. The van der Waals surface area contributed by atoms with Gasteiger partial charge in [0.05, 0.1) is 23.9 Å². The number of phenols is 1. The van der Waals surface area contributed by atoms with Crippen molar-refractivity contribution in [3.8, 4) is 17.2 Å². The fraction of sp³-hybridized carbons (Fsp3) is 0.200. The minimum atomic E-state index is -1.17. The molecule has 236 valence electrons. The van der Waals surface area contributed by atoms with Crippen LogP contribution in [0.25, 0.3) is 5.76 Å². The van der Waals surface area contributed by atoms with Gasteiger partial charge in [-0.1, -0.05) is 60.4 Å². The van der Waals surface area contributed by atoms with Gasteiger partial charge in [-0.2, -0.15) is 0 Å². The molecule has 0 bridgehead atoms. The van der Waals surface area contributed by atoms with E-state index < -0.39 is 29.5 Å². The second-order valence-electron chi connectivity index (χ2n) is 10.4. The Balaban J connectivity index is 1.60. The smallest absolute Gasteiger partial charge is 0.350 e. The quantitative estimate of drug-likeness (QED) is 0.0627. The first kappa shape index (κ1) is 32.0. The molecule has 1 aliphatic rings. The minimum absolute atomic E-state index is 0.0147. The SMILES string of the molecule is C=CCOC(=O)c1sc(N2C(=O)C(=O)/C(=C(/O)c3ccc(OCc4ccccc4)cc3C)C2c2ccc(O)c(OCC)c2)nc1C. The van der Waals surface area contributed by atoms with Gasteiger partial charge in [-0.15, -0.1) is 0 Å². The summed E-state index contributed by atoms with van der Waals surface area (Å²) in [5.74, 6) is -2.39. The monoisotopic (exact) mass is 640 g/mol. The van der Waals surface area contributed by atoms with Gasteiger partial charge in [-0.25, -0.2) is 9.78 Å². The van der Waals surface area contributed by atoms with E-state index in [0.717, 1.165) is 21.8 Å². The number of aliphatic hydroxyl groups excluding tert-OH is 1. The number of hydrogen-bond acceptors (Lipinski definition) is 10. The highest BCUT2D eigenvalue weighted by molar-refractivity contribution is 7.17. The molecule has 10 nitrogen and oxygen atoms in total. The summed E-state index contributed by atoms with van der Waals surface area (Å²) in [5, 5.41) is 22.2. The molecule has 0 spiro atoms. The summed E-state index contributed by atoms with van der Waals surface area (Å²) in [6.07, 6.45) is 1.43. The van der Waals surface area contributed by atoms with E-state index in [2.05, 4.69) is 11.6 Å². The Hall–Kier alpha value is -5.42. The van der Waals surface area contributed by atoms with Gasteiger partial charge in [0.1, 0.15) is 29.6 Å². The molecule has 1 aromatic heterocycles. The standard InChI is InChI=1S/C35H32N2O8S/c1-5-16-44-34(42)32-21(4)36-35(46-32)37-29(23-12-15-26(38)27(18-23)43-6-2)28(31(40)33(37)41)30(39)25-14-13-24(17-20(25)3)45-19-22-10-8-7-9-11-22/h5,7-15,17-18,29,38-39H,1,6,16,19H2,2-4H3/b30-28+. The lowest BCUT2D eigenvalue weighted by atomic mass is 9.93. The number of hydrogen-bond donors (Lipinski definition) is 2. The lowest BCUT2D eigenvalue weighted by molar-refractivity contribution is -0.132. The predicted octanol–water partition coefficient (Wildman–Crippen LogP) is 6.41. The number of aromatic nitrogens is 1. The van der Waals surface area contributed by atoms with Gasteiger partial charge in [-0.3, -0.25) is 14.5 Å². The number of nitrogens with zero attached hydrogens (tertiary/aromatic N) is 2. The van der Waals surface area contributed by atoms with Crippen molar-refractivity contribution in [3.05, 3.63) is 118 Å². The van der Waals surface area contributed by atoms with E-state index in [1.54, 1.807) is 39.0 Å². The Kier molecular flexibility index (Phi) is 9.53. The van der Waals surface area contributed by atoms with Crippen molar-refractivity contribution in [3.63, 3.8) is 0 Å². The van der Waals surface area contributed by atoms with Crippen molar-refractivity contribution in [2.45, 2.75) is 33.4 Å². The number of aromatic hydroxyl groups is 1. The van der Waals surface area contributed by atoms with Crippen molar-refractivity contribution < 1.29 is 38.8 Å². The second kappa shape index (κ2) is 13.7. The largest absolute Gasteiger partial charge is 0.507 e. The molecule has 4 aromatic rings. The van der Waals surface area contributed by atoms with E-state index in [4.69, 9.17) is 14.2 Å². The van der Waals surface area contributed by atoms with E-state index >= 15 is 0 Å². The summed E-state index contributed by atoms with van der Waals surface area (Å²) >= 11 is 0.887. The van der Waals surface area contributed by atoms with E-state index in [1.165, 1.54) is 24.3 Å². The third-order valence-corrected chi connectivity index (χ3v) is 8.39. The normalized spacial score (nSPS) is 15.5. The average molecular weight is 641 g/mol. The third kappa shape index (κ3) is 6.36. The fourth-order valence-corrected chi connectivity index (χ4v) is 6.06. The lowest BCUT2D eigenvalue weighted by Crippen LogP contribution is -2.29. The van der Waals surface area contributed by atoms with Crippen molar-refractivity contribution in [1.82, 2.24) is 4.98 Å². The zero-order valence-electron chi connectivity index (χ0n) is 25.5. The van der Waals surface area contributed by atoms with Gasteiger partial charge < -0.3 is 24.4 Å². The number of aliphatic hydroxyl groups is 1. The van der Waals surface area contributed by atoms with E-state index in [9.17, 15) is 24.6 Å². The molecule has 1 amide bonds. The summed E-state index contributed by atoms with van der Waals surface area (Å²) in [6.45, 7) is 9.22. The van der Waals surface area contributed by atoms with Gasteiger partial charge in [0, 0.05) is 5.56 Å². The predicted molar refractivity (Wildman–Crippen MR) is 173 cm³/mol. The van der Waals surface area contributed by atoms with Crippen LogP contribution in [0.5, 0.6) is 17.2 Å². The first-order valence-corrected chi connectivity index (χ1v) is 15.3. The zero-order chi connectivity index (χ0) is 33.0. The van der Waals surface area contributed by atoms with E-state index in [1.807, 2.05) is 30.3 Å². The van der Waals surface area contributed by atoms with Crippen LogP contribution < -0.4 is 14.4 Å². The summed E-state index contributed by atoms with van der Waals surface area (Å²) in [5.41, 5.74) is 2.39. The lowest BCUT2D eigenvalue weighted by Gasteiger charge is -2.24. The highest BCUT2D eigenvalue weighted by Gasteiger charge is 2.48. The zero-order valence-corrected chi connectivity index (χ0v) is 26.3. The number of thiazole rings is 1. The van der Waals surface area contributed by atoms with Crippen LogP contribution in [0.2, 0.25) is 0 Å². The number of esters is 1. The molecule has 5 rings (SSSR count). The Morgan fingerprint density at radius 1 is 1.07 bits per heavy atom. The number of ketones is 1. The van der Waals surface area contributed by atoms with Crippen LogP contribution in [0, 0.1) is 13.8 Å². The summed E-state index contributed by atoms with van der Waals surface area (Å²) < 4.78 is 16.7. The number of rotatable bonds is 11. The molecule has 3 aromatic carbocycles. The number of amides is 1. The van der Waals surface area contributed by atoms with Gasteiger partial charge in [0.25, 0.3) is 5.78 Å². The number of anilines is 1. The van der Waals surface area contributed by atoms with Crippen LogP contribution in [-0.4, -0.2) is 46.1 Å². The van der Waals surface area contributed by atoms with Crippen molar-refractivity contribution in [1.29, 1.82) is 0 Å². The number of carbonyl (C=O) groups excluding carboxylic acids is 3. The summed E-state index contributed by atoms with van der Waals surface area (Å²) in [6, 6.07) is 17.9. The Bertz CT molecular complexity index is 1850. The fourth-order valence-electron chi connectivity index (χ4n) is 5.07. The molecular formula is C35H32N2O8S. The molecule has 2 heterocycles. The average Bonchev–Trinajstić information content (AvgIpc) is 3.56. The number of benzene rings is 3. The first-order chi connectivity index (χ1) is 22.1. The van der Waals surface area contributed by atoms with Crippen LogP contribution in [0.15, 0.2) is 85.0 Å². The van der Waals surface area contributed by atoms with Crippen molar-refractivity contribution >= 4 is 39.9 Å². The van der Waals surface area contributed by atoms with Crippen LogP contribution in [0.4, 0.5) is 5.13 Å². The molecule has 1 saturated heterocycles. The molecule has 2 N–H and O–H groups in total. The second-order valence-corrected chi connectivity index (χ2v) is 11.4. The summed E-state index contributed by atoms with van der Waals surface area (Å²) in [7, 11) is 0. The van der Waals surface area contributed by atoms with E-state index in [0.29, 0.717) is 34.7 Å². The molecule has 1 fully saturated rings. The Morgan fingerprint density at radius 3 is 2.52 bits per heavy atom. The molecule has 11 heteroatoms. The van der Waals surface area contributed by atoms with E-state index in [-0.39, 0.29) is 40.3 Å². The maximum absolute atomic E-state index is 13.7. The Labute approximate surface area is 269 Å². The van der Waals surface area contributed by atoms with Crippen molar-refractivity contribution in [2.24, 2.45) is 0 Å². The van der Waals surface area contributed by atoms with Crippen LogP contribution in [0.3, 0.4) is 0 Å². The Morgan fingerprint density at radius 2 is 1.83 bits per heavy atom. The van der Waals surface area contributed by atoms with Crippen molar-refractivity contribution in [2.75, 3.05) is 18.1 Å². The molecule has 1 aliphatic heterocycles. The van der Waals surface area contributed by atoms with Gasteiger partial charge in [0.15, 0.2) is 16.6 Å². The van der Waals surface area contributed by atoms with Gasteiger partial charge in [-0.05, 0) is 67.8 Å². The van der Waals surface area contributed by atoms with Gasteiger partial charge >= 0.3 is 11.9 Å². The number of carbonyl (C=O) groups is 3. The van der Waals surface area contributed by atoms with Crippen LogP contribution >= 0.6 is 11.3 Å². The molecule has 1 unspecified atom stereocenters. The van der Waals surface area contributed by atoms with Gasteiger partial charge in [0.2, 0.25) is 0 Å². The number of aryl methyl sites for hydroxylation is 2. The maximum Gasteiger partial charge on any atom is 0.350 e. The molecule has 0 aliphatic carbocycles. The third-order valence-electron chi connectivity index (χ3n) is 7.25. The molecule has 46 heavy (non-hydrogen) atoms. The number of ether oxygens (including phenoxy) is 3. The summed E-state index contributed by atoms with van der Waals surface area (Å²) in [4.78, 5) is 45.9. The molecular weight excluding hydrogens is 608 g/mol. The number of Topliss-reactive ketones (excluding diaryl/α,β-unsaturated/α-hetero) is 1. The molecule has 1 atom stereocenters. The molecule has 0 radical (unpaired) electrons. The molecule has 0 saturated carbocycles.